The van der Waals surface area contributed by atoms with Crippen LogP contribution in [-0.4, -0.2) is 40.8 Å². The molecule has 28 heavy (non-hydrogen) atoms. The number of carbonyl (C=O) groups excluding carboxylic acids is 2. The SMILES string of the molecule is CC(C)N1CCC(C(=O)Nc2ccccc2C(=O)Nc2ccc(Cl)cn2)CC1. The molecule has 1 aromatic carbocycles. The number of pyridine rings is 1. The van der Waals surface area contributed by atoms with Crippen molar-refractivity contribution >= 4 is 34.9 Å². The Morgan fingerprint density at radius 3 is 2.46 bits per heavy atom. The predicted octanol–water partition coefficient (Wildman–Crippen LogP) is 4.05. The fourth-order valence-corrected chi connectivity index (χ4v) is 3.45. The van der Waals surface area contributed by atoms with Crippen molar-refractivity contribution in [3.8, 4) is 0 Å². The molecular formula is C21H25ClN4O2. The van der Waals surface area contributed by atoms with E-state index >= 15 is 0 Å². The highest BCUT2D eigenvalue weighted by molar-refractivity contribution is 6.30. The molecule has 2 aromatic rings. The molecule has 2 N–H and O–H groups in total. The van der Waals surface area contributed by atoms with Gasteiger partial charge in [-0.25, -0.2) is 4.98 Å². The first-order valence-corrected chi connectivity index (χ1v) is 9.88. The van der Waals surface area contributed by atoms with Gasteiger partial charge in [0.05, 0.1) is 16.3 Å². The van der Waals surface area contributed by atoms with E-state index in [4.69, 9.17) is 11.6 Å². The van der Waals surface area contributed by atoms with Crippen LogP contribution in [0.2, 0.25) is 5.02 Å². The first-order chi connectivity index (χ1) is 13.4. The summed E-state index contributed by atoms with van der Waals surface area (Å²) in [4.78, 5) is 31.8. The summed E-state index contributed by atoms with van der Waals surface area (Å²) in [5.74, 6) is -0.00532. The Balaban J connectivity index is 1.66. The molecule has 0 radical (unpaired) electrons. The summed E-state index contributed by atoms with van der Waals surface area (Å²) in [5.41, 5.74) is 0.900. The molecule has 0 spiro atoms. The van der Waals surface area contributed by atoms with Crippen molar-refractivity contribution in [3.63, 3.8) is 0 Å². The number of hydrogen-bond donors (Lipinski definition) is 2. The Kier molecular flexibility index (Phi) is 6.65. The van der Waals surface area contributed by atoms with Gasteiger partial charge in [-0.1, -0.05) is 23.7 Å². The lowest BCUT2D eigenvalue weighted by Crippen LogP contribution is -2.41. The minimum Gasteiger partial charge on any atom is -0.325 e. The van der Waals surface area contributed by atoms with E-state index in [1.165, 1.54) is 6.20 Å². The lowest BCUT2D eigenvalue weighted by atomic mass is 9.95. The Hall–Kier alpha value is -2.44. The van der Waals surface area contributed by atoms with Gasteiger partial charge in [-0.3, -0.25) is 9.59 Å². The summed E-state index contributed by atoms with van der Waals surface area (Å²) in [6.45, 7) is 6.18. The monoisotopic (exact) mass is 400 g/mol. The third kappa shape index (κ3) is 5.09. The van der Waals surface area contributed by atoms with E-state index < -0.39 is 0 Å². The third-order valence-corrected chi connectivity index (χ3v) is 5.25. The summed E-state index contributed by atoms with van der Waals surface area (Å²) in [7, 11) is 0. The van der Waals surface area contributed by atoms with Gasteiger partial charge in [-0.15, -0.1) is 0 Å². The number of nitrogens with zero attached hydrogens (tertiary/aromatic N) is 2. The number of anilines is 2. The average Bonchev–Trinajstić information content (AvgIpc) is 2.70. The number of halogens is 1. The van der Waals surface area contributed by atoms with Crippen LogP contribution in [0, 0.1) is 5.92 Å². The highest BCUT2D eigenvalue weighted by atomic mass is 35.5. The van der Waals surface area contributed by atoms with Crippen LogP contribution in [0.5, 0.6) is 0 Å². The Morgan fingerprint density at radius 1 is 1.11 bits per heavy atom. The number of aromatic nitrogens is 1. The molecule has 1 aliphatic heterocycles. The zero-order valence-electron chi connectivity index (χ0n) is 16.1. The van der Waals surface area contributed by atoms with Crippen molar-refractivity contribution in [1.82, 2.24) is 9.88 Å². The van der Waals surface area contributed by atoms with Crippen molar-refractivity contribution in [2.45, 2.75) is 32.7 Å². The van der Waals surface area contributed by atoms with Crippen LogP contribution in [0.4, 0.5) is 11.5 Å². The van der Waals surface area contributed by atoms with Gasteiger partial charge in [0.15, 0.2) is 0 Å². The summed E-state index contributed by atoms with van der Waals surface area (Å²) in [6.07, 6.45) is 3.12. The van der Waals surface area contributed by atoms with Crippen LogP contribution < -0.4 is 10.6 Å². The van der Waals surface area contributed by atoms with Crippen molar-refractivity contribution in [1.29, 1.82) is 0 Å². The van der Waals surface area contributed by atoms with Gasteiger partial charge in [0.1, 0.15) is 5.82 Å². The van der Waals surface area contributed by atoms with Crippen molar-refractivity contribution in [2.75, 3.05) is 23.7 Å². The van der Waals surface area contributed by atoms with Crippen molar-refractivity contribution < 1.29 is 9.59 Å². The molecule has 0 saturated carbocycles. The van der Waals surface area contributed by atoms with Crippen molar-refractivity contribution in [2.24, 2.45) is 5.92 Å². The van der Waals surface area contributed by atoms with Crippen LogP contribution in [0.25, 0.3) is 0 Å². The van der Waals surface area contributed by atoms with Crippen molar-refractivity contribution in [3.05, 3.63) is 53.2 Å². The predicted molar refractivity (Wildman–Crippen MR) is 112 cm³/mol. The standard InChI is InChI=1S/C21H25ClN4O2/c1-14(2)26-11-9-15(10-12-26)20(27)24-18-6-4-3-5-17(18)21(28)25-19-8-7-16(22)13-23-19/h3-8,13-15H,9-12H2,1-2H3,(H,24,27)(H,23,25,28). The Bertz CT molecular complexity index is 831. The molecule has 1 aliphatic rings. The number of para-hydroxylation sites is 1. The summed E-state index contributed by atoms with van der Waals surface area (Å²) >= 11 is 5.82. The van der Waals surface area contributed by atoms with Gasteiger partial charge in [-0.05, 0) is 64.0 Å². The lowest BCUT2D eigenvalue weighted by Gasteiger charge is -2.34. The molecule has 2 amide bonds. The van der Waals surface area contributed by atoms with Gasteiger partial charge >= 0.3 is 0 Å². The van der Waals surface area contributed by atoms with Crippen LogP contribution >= 0.6 is 11.6 Å². The number of piperidine rings is 1. The summed E-state index contributed by atoms with van der Waals surface area (Å²) < 4.78 is 0. The average molecular weight is 401 g/mol. The largest absolute Gasteiger partial charge is 0.325 e. The maximum absolute atomic E-state index is 12.7. The molecular weight excluding hydrogens is 376 g/mol. The molecule has 0 bridgehead atoms. The van der Waals surface area contributed by atoms with Crippen LogP contribution in [0.15, 0.2) is 42.6 Å². The van der Waals surface area contributed by atoms with E-state index in [1.807, 2.05) is 0 Å². The molecule has 3 rings (SSSR count). The van der Waals surface area contributed by atoms with E-state index in [9.17, 15) is 9.59 Å². The number of rotatable bonds is 5. The number of amides is 2. The molecule has 6 nitrogen and oxygen atoms in total. The zero-order chi connectivity index (χ0) is 20.1. The second kappa shape index (κ2) is 9.17. The Morgan fingerprint density at radius 2 is 1.82 bits per heavy atom. The molecule has 0 unspecified atom stereocenters. The smallest absolute Gasteiger partial charge is 0.258 e. The van der Waals surface area contributed by atoms with Crippen LogP contribution in [-0.2, 0) is 4.79 Å². The highest BCUT2D eigenvalue weighted by Gasteiger charge is 2.26. The fourth-order valence-electron chi connectivity index (χ4n) is 3.34. The number of carbonyl (C=O) groups is 2. The van der Waals surface area contributed by atoms with Gasteiger partial charge in [0, 0.05) is 18.2 Å². The molecule has 0 aliphatic carbocycles. The number of benzene rings is 1. The minimum atomic E-state index is -0.333. The van der Waals surface area contributed by atoms with Crippen LogP contribution in [0.3, 0.4) is 0 Å². The normalized spacial score (nSPS) is 15.4. The number of likely N-dealkylation sites (tertiary alicyclic amines) is 1. The second-order valence-corrected chi connectivity index (χ2v) is 7.69. The maximum Gasteiger partial charge on any atom is 0.258 e. The minimum absolute atomic E-state index is 0.0340. The topological polar surface area (TPSA) is 74.3 Å². The lowest BCUT2D eigenvalue weighted by molar-refractivity contribution is -0.121. The van der Waals surface area contributed by atoms with Crippen LogP contribution in [0.1, 0.15) is 37.0 Å². The van der Waals surface area contributed by atoms with E-state index in [1.54, 1.807) is 36.4 Å². The van der Waals surface area contributed by atoms with Gasteiger partial charge < -0.3 is 15.5 Å². The molecule has 1 fully saturated rings. The zero-order valence-corrected chi connectivity index (χ0v) is 16.9. The quantitative estimate of drug-likeness (QED) is 0.794. The maximum atomic E-state index is 12.7. The fraction of sp³-hybridized carbons (Fsp3) is 0.381. The molecule has 1 saturated heterocycles. The van der Waals surface area contributed by atoms with Gasteiger partial charge in [0.2, 0.25) is 5.91 Å². The summed E-state index contributed by atoms with van der Waals surface area (Å²) in [6, 6.07) is 10.8. The van der Waals surface area contributed by atoms with E-state index in [0.717, 1.165) is 25.9 Å². The molecule has 2 heterocycles. The third-order valence-electron chi connectivity index (χ3n) is 5.03. The number of hydrogen-bond acceptors (Lipinski definition) is 4. The molecule has 7 heteroatoms. The first kappa shape index (κ1) is 20.3. The number of nitrogens with one attached hydrogen (secondary N) is 2. The second-order valence-electron chi connectivity index (χ2n) is 7.25. The molecule has 1 aromatic heterocycles. The van der Waals surface area contributed by atoms with E-state index in [0.29, 0.717) is 28.1 Å². The molecule has 148 valence electrons. The van der Waals surface area contributed by atoms with E-state index in [2.05, 4.69) is 34.4 Å². The first-order valence-electron chi connectivity index (χ1n) is 9.51. The summed E-state index contributed by atoms with van der Waals surface area (Å²) in [5, 5.41) is 6.17. The van der Waals surface area contributed by atoms with E-state index in [-0.39, 0.29) is 17.7 Å². The van der Waals surface area contributed by atoms with Gasteiger partial charge in [0.25, 0.3) is 5.91 Å². The Labute approximate surface area is 170 Å². The molecule has 0 atom stereocenters. The van der Waals surface area contributed by atoms with Gasteiger partial charge in [-0.2, -0.15) is 0 Å². The highest BCUT2D eigenvalue weighted by Crippen LogP contribution is 2.23.